The average molecular weight is 715 g/mol. The number of rotatable bonds is 5. The van der Waals surface area contributed by atoms with Crippen molar-refractivity contribution in [2.45, 2.75) is 44.0 Å². The molecule has 0 aromatic heterocycles. The van der Waals surface area contributed by atoms with Gasteiger partial charge in [-0.05, 0) is 61.5 Å². The SMILES string of the molecule is CCO[P+](c1cc(C(F)(F)F)cc(C(F)(F)F)c1)(c1cc(C(F)(F)F)cc(C(F)(F)F)c1)c1cc(C(F)(F)F)cc(C(F)(F)F)c1. The van der Waals surface area contributed by atoms with E-state index in [9.17, 15) is 79.0 Å². The zero-order valence-electron chi connectivity index (χ0n) is 22.1. The van der Waals surface area contributed by atoms with Crippen LogP contribution in [0, 0.1) is 0 Å². The number of hydrogen-bond donors (Lipinski definition) is 0. The number of alkyl halides is 18. The molecule has 0 N–H and O–H groups in total. The van der Waals surface area contributed by atoms with Crippen molar-refractivity contribution >= 4 is 23.4 Å². The van der Waals surface area contributed by atoms with E-state index in [1.165, 1.54) is 0 Å². The Morgan fingerprint density at radius 2 is 0.543 bits per heavy atom. The molecule has 254 valence electrons. The van der Waals surface area contributed by atoms with Crippen LogP contribution in [0.4, 0.5) is 79.0 Å². The first-order valence-corrected chi connectivity index (χ1v) is 13.7. The first kappa shape index (κ1) is 37.2. The molecular formula is C26H14F18OP+. The molecule has 0 amide bonds. The van der Waals surface area contributed by atoms with Gasteiger partial charge < -0.3 is 0 Å². The molecule has 0 bridgehead atoms. The highest BCUT2D eigenvalue weighted by Gasteiger charge is 2.54. The second-order valence-corrected chi connectivity index (χ2v) is 12.3. The van der Waals surface area contributed by atoms with Crippen molar-refractivity contribution in [3.63, 3.8) is 0 Å². The predicted molar refractivity (Wildman–Crippen MR) is 127 cm³/mol. The fourth-order valence-electron chi connectivity index (χ4n) is 4.23. The second-order valence-electron chi connectivity index (χ2n) is 9.32. The highest BCUT2D eigenvalue weighted by molar-refractivity contribution is 7.91. The zero-order chi connectivity index (χ0) is 35.5. The summed E-state index contributed by atoms with van der Waals surface area (Å²) in [6, 6.07) is -3.07. The lowest BCUT2D eigenvalue weighted by molar-refractivity contribution is -0.144. The van der Waals surface area contributed by atoms with Gasteiger partial charge in [-0.1, -0.05) is 0 Å². The smallest absolute Gasteiger partial charge is 0.222 e. The van der Waals surface area contributed by atoms with Crippen molar-refractivity contribution in [2.75, 3.05) is 6.61 Å². The first-order valence-electron chi connectivity index (χ1n) is 11.9. The molecule has 0 radical (unpaired) electrons. The van der Waals surface area contributed by atoms with Gasteiger partial charge in [-0.15, -0.1) is 0 Å². The van der Waals surface area contributed by atoms with Crippen LogP contribution in [-0.4, -0.2) is 6.61 Å². The van der Waals surface area contributed by atoms with E-state index in [0.717, 1.165) is 6.92 Å². The summed E-state index contributed by atoms with van der Waals surface area (Å²) < 4.78 is 254. The van der Waals surface area contributed by atoms with Gasteiger partial charge in [0.1, 0.15) is 15.9 Å². The van der Waals surface area contributed by atoms with Crippen molar-refractivity contribution in [3.05, 3.63) is 88.0 Å². The van der Waals surface area contributed by atoms with Crippen LogP contribution >= 0.6 is 7.49 Å². The standard InChI is InChI=1S/C26H14F18OP/c1-2-45-46(18-6-12(21(27,28)29)3-13(7-18)22(30,31)32,19-8-14(23(33,34)35)4-15(9-19)24(36,37)38)20-10-16(25(39,40)41)5-17(11-20)26(42,43)44/h3-11H,2H2,1H3/q+1. The Balaban J connectivity index is 2.78. The van der Waals surface area contributed by atoms with Crippen LogP contribution in [0.15, 0.2) is 54.6 Å². The lowest BCUT2D eigenvalue weighted by Gasteiger charge is -2.29. The van der Waals surface area contributed by atoms with E-state index in [1.54, 1.807) is 0 Å². The molecule has 3 aromatic carbocycles. The van der Waals surface area contributed by atoms with Crippen LogP contribution < -0.4 is 15.9 Å². The predicted octanol–water partition coefficient (Wildman–Crippen LogP) is 10.0. The van der Waals surface area contributed by atoms with Crippen molar-refractivity contribution in [2.24, 2.45) is 0 Å². The number of benzene rings is 3. The Morgan fingerprint density at radius 1 is 0.370 bits per heavy atom. The maximum Gasteiger partial charge on any atom is 0.416 e. The van der Waals surface area contributed by atoms with E-state index >= 15 is 0 Å². The molecule has 0 saturated heterocycles. The summed E-state index contributed by atoms with van der Waals surface area (Å²) in [7, 11) is -5.63. The fourth-order valence-corrected chi connectivity index (χ4v) is 7.88. The van der Waals surface area contributed by atoms with Gasteiger partial charge in [-0.25, -0.2) is 4.52 Å². The second kappa shape index (κ2) is 11.8. The van der Waals surface area contributed by atoms with Gasteiger partial charge in [0.25, 0.3) is 0 Å². The normalized spacial score (nSPS) is 14.2. The molecule has 0 atom stereocenters. The Hall–Kier alpha value is -3.21. The van der Waals surface area contributed by atoms with Crippen LogP contribution in [0.5, 0.6) is 0 Å². The molecule has 0 fully saturated rings. The van der Waals surface area contributed by atoms with Crippen LogP contribution in [0.1, 0.15) is 40.3 Å². The summed E-state index contributed by atoms with van der Waals surface area (Å²) in [4.78, 5) is 0. The molecule has 1 nitrogen and oxygen atoms in total. The lowest BCUT2D eigenvalue weighted by Crippen LogP contribution is -2.36. The topological polar surface area (TPSA) is 9.23 Å². The van der Waals surface area contributed by atoms with Crippen LogP contribution in [0.25, 0.3) is 0 Å². The molecule has 0 aliphatic rings. The Morgan fingerprint density at radius 3 is 0.674 bits per heavy atom. The van der Waals surface area contributed by atoms with Crippen molar-refractivity contribution in [1.82, 2.24) is 0 Å². The van der Waals surface area contributed by atoms with E-state index in [4.69, 9.17) is 4.52 Å². The van der Waals surface area contributed by atoms with Crippen LogP contribution in [0.3, 0.4) is 0 Å². The van der Waals surface area contributed by atoms with Crippen LogP contribution in [-0.2, 0) is 41.6 Å². The van der Waals surface area contributed by atoms with Crippen molar-refractivity contribution in [3.8, 4) is 0 Å². The first-order chi connectivity index (χ1) is 20.5. The number of halogens is 18. The van der Waals surface area contributed by atoms with E-state index in [0.29, 0.717) is 0 Å². The molecule has 3 rings (SSSR count). The van der Waals surface area contributed by atoms with Crippen molar-refractivity contribution < 1.29 is 83.6 Å². The molecule has 0 saturated carbocycles. The third-order valence-electron chi connectivity index (χ3n) is 6.13. The molecule has 3 aromatic rings. The van der Waals surface area contributed by atoms with Gasteiger partial charge in [-0.2, -0.15) is 79.0 Å². The monoisotopic (exact) mass is 715 g/mol. The quantitative estimate of drug-likeness (QED) is 0.189. The minimum atomic E-state index is -5.73. The van der Waals surface area contributed by atoms with Gasteiger partial charge in [0.15, 0.2) is 0 Å². The fraction of sp³-hybridized carbons (Fsp3) is 0.308. The summed E-state index contributed by atoms with van der Waals surface area (Å²) >= 11 is 0. The Labute approximate surface area is 246 Å². The van der Waals surface area contributed by atoms with E-state index in [-0.39, 0.29) is 36.4 Å². The highest BCUT2D eigenvalue weighted by Crippen LogP contribution is 2.59. The van der Waals surface area contributed by atoms with Crippen molar-refractivity contribution in [1.29, 1.82) is 0 Å². The molecule has 46 heavy (non-hydrogen) atoms. The van der Waals surface area contributed by atoms with Gasteiger partial charge in [0.05, 0.1) is 40.0 Å². The average Bonchev–Trinajstić information content (AvgIpc) is 2.88. The van der Waals surface area contributed by atoms with Gasteiger partial charge in [0.2, 0.25) is 7.49 Å². The molecular weight excluding hydrogens is 701 g/mol. The third kappa shape index (κ3) is 7.83. The lowest BCUT2D eigenvalue weighted by atomic mass is 10.1. The molecule has 0 unspecified atom stereocenters. The van der Waals surface area contributed by atoms with Gasteiger partial charge in [-0.3, -0.25) is 0 Å². The van der Waals surface area contributed by atoms with E-state index in [1.807, 2.05) is 0 Å². The molecule has 0 aliphatic carbocycles. The maximum atomic E-state index is 13.8. The number of hydrogen-bond acceptors (Lipinski definition) is 1. The molecule has 0 spiro atoms. The highest BCUT2D eigenvalue weighted by atomic mass is 31.2. The minimum Gasteiger partial charge on any atom is -0.222 e. The third-order valence-corrected chi connectivity index (χ3v) is 9.73. The Bertz CT molecular complexity index is 1290. The summed E-state index contributed by atoms with van der Waals surface area (Å²) in [5.74, 6) is 0. The summed E-state index contributed by atoms with van der Waals surface area (Å²) in [5.41, 5.74) is -13.5. The van der Waals surface area contributed by atoms with E-state index < -0.39 is 119 Å². The maximum absolute atomic E-state index is 13.8. The summed E-state index contributed by atoms with van der Waals surface area (Å²) in [6.07, 6.45) is -34.4. The van der Waals surface area contributed by atoms with Crippen LogP contribution in [0.2, 0.25) is 0 Å². The summed E-state index contributed by atoms with van der Waals surface area (Å²) in [6.45, 7) is -0.204. The molecule has 20 heteroatoms. The van der Waals surface area contributed by atoms with E-state index in [2.05, 4.69) is 0 Å². The van der Waals surface area contributed by atoms with Gasteiger partial charge >= 0.3 is 37.1 Å². The minimum absolute atomic E-state index is 0.250. The summed E-state index contributed by atoms with van der Waals surface area (Å²) in [5, 5.41) is -4.76. The molecule has 0 heterocycles. The zero-order valence-corrected chi connectivity index (χ0v) is 23.0. The molecule has 0 aliphatic heterocycles. The van der Waals surface area contributed by atoms with Gasteiger partial charge in [0, 0.05) is 0 Å². The Kier molecular flexibility index (Phi) is 9.55. The largest absolute Gasteiger partial charge is 0.416 e.